The van der Waals surface area contributed by atoms with Crippen LogP contribution < -0.4 is 5.32 Å². The summed E-state index contributed by atoms with van der Waals surface area (Å²) >= 11 is 0. The summed E-state index contributed by atoms with van der Waals surface area (Å²) in [6, 6.07) is -1.71. The van der Waals surface area contributed by atoms with Crippen LogP contribution in [0.2, 0.25) is 0 Å². The smallest absolute Gasteiger partial charge is 0.408 e. The Kier molecular flexibility index (Phi) is 10.4. The lowest BCUT2D eigenvalue weighted by Crippen LogP contribution is -2.68. The van der Waals surface area contributed by atoms with Gasteiger partial charge >= 0.3 is 35.9 Å². The summed E-state index contributed by atoms with van der Waals surface area (Å²) in [4.78, 5) is 72.3. The molecule has 14 heteroatoms. The van der Waals surface area contributed by atoms with Crippen molar-refractivity contribution in [2.45, 2.75) is 90.8 Å². The first-order valence-electron chi connectivity index (χ1n) is 10.5. The topological polar surface area (TPSA) is 179 Å². The van der Waals surface area contributed by atoms with Gasteiger partial charge in [0.1, 0.15) is 11.7 Å². The zero-order chi connectivity index (χ0) is 27.1. The van der Waals surface area contributed by atoms with Gasteiger partial charge in [0.2, 0.25) is 12.4 Å². The van der Waals surface area contributed by atoms with E-state index in [1.807, 2.05) is 0 Å². The predicted octanol–water partition coefficient (Wildman–Crippen LogP) is 0.136. The van der Waals surface area contributed by atoms with Crippen LogP contribution >= 0.6 is 0 Å². The number of ether oxygens (including phenoxy) is 7. The highest BCUT2D eigenvalue weighted by Gasteiger charge is 2.57. The molecule has 1 aliphatic rings. The fourth-order valence-corrected chi connectivity index (χ4v) is 3.17. The Bertz CT molecular complexity index is 834. The Labute approximate surface area is 201 Å². The highest BCUT2D eigenvalue weighted by atomic mass is 16.7. The zero-order valence-corrected chi connectivity index (χ0v) is 20.8. The molecule has 0 aromatic rings. The predicted molar refractivity (Wildman–Crippen MR) is 112 cm³/mol. The number of alkyl carbamates (subject to hydrolysis) is 1. The third-order valence-electron chi connectivity index (χ3n) is 4.18. The summed E-state index contributed by atoms with van der Waals surface area (Å²) in [5.74, 6) is -4.60. The Balaban J connectivity index is 3.60. The van der Waals surface area contributed by atoms with Crippen molar-refractivity contribution in [3.05, 3.63) is 0 Å². The van der Waals surface area contributed by atoms with Gasteiger partial charge in [-0.1, -0.05) is 0 Å². The van der Waals surface area contributed by atoms with Gasteiger partial charge in [-0.15, -0.1) is 0 Å². The minimum Gasteiger partial charge on any atom is -0.467 e. The maximum atomic E-state index is 12.6. The van der Waals surface area contributed by atoms with Crippen LogP contribution in [0.3, 0.4) is 0 Å². The molecule has 0 spiro atoms. The number of nitrogens with one attached hydrogen (secondary N) is 1. The number of carbonyl (C=O) groups is 6. The van der Waals surface area contributed by atoms with E-state index in [0.29, 0.717) is 0 Å². The van der Waals surface area contributed by atoms with Gasteiger partial charge in [0.15, 0.2) is 18.2 Å². The van der Waals surface area contributed by atoms with Crippen molar-refractivity contribution in [2.75, 3.05) is 7.11 Å². The molecule has 198 valence electrons. The van der Waals surface area contributed by atoms with Crippen molar-refractivity contribution in [2.24, 2.45) is 0 Å². The van der Waals surface area contributed by atoms with Crippen molar-refractivity contribution < 1.29 is 61.9 Å². The lowest BCUT2D eigenvalue weighted by molar-refractivity contribution is -0.299. The van der Waals surface area contributed by atoms with Crippen LogP contribution in [0.25, 0.3) is 0 Å². The first kappa shape index (κ1) is 29.6. The highest BCUT2D eigenvalue weighted by molar-refractivity contribution is 5.82. The molecule has 0 aromatic carbocycles. The van der Waals surface area contributed by atoms with Crippen LogP contribution in [0.4, 0.5) is 4.79 Å². The minimum absolute atomic E-state index is 0.871. The summed E-state index contributed by atoms with van der Waals surface area (Å²) in [5, 5.41) is 2.26. The molecule has 1 saturated heterocycles. The molecule has 14 nitrogen and oxygen atoms in total. The fourth-order valence-electron chi connectivity index (χ4n) is 3.17. The van der Waals surface area contributed by atoms with Gasteiger partial charge in [-0.25, -0.2) is 9.59 Å². The van der Waals surface area contributed by atoms with Crippen LogP contribution in [0.15, 0.2) is 0 Å². The average Bonchev–Trinajstić information content (AvgIpc) is 2.67. The monoisotopic (exact) mass is 505 g/mol. The summed E-state index contributed by atoms with van der Waals surface area (Å²) in [5.41, 5.74) is -0.950. The zero-order valence-electron chi connectivity index (χ0n) is 20.8. The van der Waals surface area contributed by atoms with E-state index in [1.165, 1.54) is 0 Å². The third-order valence-corrected chi connectivity index (χ3v) is 4.18. The molecule has 1 fully saturated rings. The quantitative estimate of drug-likeness (QED) is 0.365. The number of carbonyl (C=O) groups excluding carboxylic acids is 6. The lowest BCUT2D eigenvalue weighted by Gasteiger charge is -2.45. The first-order valence-corrected chi connectivity index (χ1v) is 10.5. The number of esters is 5. The molecule has 6 atom stereocenters. The summed E-state index contributed by atoms with van der Waals surface area (Å²) in [6.45, 7) is 8.84. The molecule has 0 saturated carbocycles. The molecule has 0 bridgehead atoms. The third kappa shape index (κ3) is 9.39. The van der Waals surface area contributed by atoms with Gasteiger partial charge in [-0.2, -0.15) is 0 Å². The number of hydrogen-bond donors (Lipinski definition) is 1. The largest absolute Gasteiger partial charge is 0.467 e. The van der Waals surface area contributed by atoms with Crippen molar-refractivity contribution in [1.29, 1.82) is 0 Å². The minimum atomic E-state index is -1.73. The Hall–Kier alpha value is -3.42. The maximum absolute atomic E-state index is 12.6. The number of amides is 1. The molecule has 1 N–H and O–H groups in total. The number of methoxy groups -OCH3 is 1. The standard InChI is InChI=1S/C21H31NO13/c1-9(23)30-15-14(13(18(27)29-8)22-20(28)35-21(5,6)7)34-19(33-12(4)26)17(32-11(3)25)16(15)31-10(2)24/h13-17,19H,1-8H3,(H,22,28). The molecule has 0 aliphatic carbocycles. The molecule has 6 unspecified atom stereocenters. The van der Waals surface area contributed by atoms with E-state index < -0.39 is 78.3 Å². The molecule has 0 aromatic heterocycles. The van der Waals surface area contributed by atoms with Crippen LogP contribution in [0, 0.1) is 0 Å². The SMILES string of the molecule is COC(=O)C(NC(=O)OC(C)(C)C)C1OC(OC(C)=O)C(OC(C)=O)C(OC(C)=O)C1OC(C)=O. The van der Waals surface area contributed by atoms with Crippen molar-refractivity contribution in [3.8, 4) is 0 Å². The van der Waals surface area contributed by atoms with Crippen LogP contribution in [0.5, 0.6) is 0 Å². The first-order chi connectivity index (χ1) is 16.0. The van der Waals surface area contributed by atoms with Crippen molar-refractivity contribution in [1.82, 2.24) is 5.32 Å². The van der Waals surface area contributed by atoms with Crippen molar-refractivity contribution in [3.63, 3.8) is 0 Å². The normalized spacial score (nSPS) is 24.7. The molecule has 1 heterocycles. The summed E-state index contributed by atoms with van der Waals surface area (Å²) in [7, 11) is 1.02. The molecule has 1 rings (SSSR count). The van der Waals surface area contributed by atoms with Gasteiger partial charge in [-0.3, -0.25) is 19.2 Å². The lowest BCUT2D eigenvalue weighted by atomic mass is 9.93. The second-order valence-electron chi connectivity index (χ2n) is 8.45. The van der Waals surface area contributed by atoms with E-state index >= 15 is 0 Å². The van der Waals surface area contributed by atoms with E-state index in [4.69, 9.17) is 33.2 Å². The average molecular weight is 505 g/mol. The Morgan fingerprint density at radius 1 is 0.743 bits per heavy atom. The van der Waals surface area contributed by atoms with Crippen LogP contribution in [-0.2, 0) is 57.1 Å². The Morgan fingerprint density at radius 3 is 1.63 bits per heavy atom. The number of rotatable bonds is 7. The second-order valence-corrected chi connectivity index (χ2v) is 8.45. The molecule has 1 amide bonds. The molecular weight excluding hydrogens is 474 g/mol. The molecule has 35 heavy (non-hydrogen) atoms. The van der Waals surface area contributed by atoms with Gasteiger partial charge in [0.05, 0.1) is 7.11 Å². The van der Waals surface area contributed by atoms with Gasteiger partial charge in [-0.05, 0) is 20.8 Å². The second kappa shape index (κ2) is 12.3. The summed E-state index contributed by atoms with van der Waals surface area (Å²) in [6.07, 6.45) is -9.29. The van der Waals surface area contributed by atoms with Crippen LogP contribution in [-0.4, -0.2) is 85.4 Å². The van der Waals surface area contributed by atoms with E-state index in [0.717, 1.165) is 34.8 Å². The van der Waals surface area contributed by atoms with E-state index in [-0.39, 0.29) is 0 Å². The van der Waals surface area contributed by atoms with Gasteiger partial charge in [0.25, 0.3) is 0 Å². The van der Waals surface area contributed by atoms with Gasteiger partial charge in [0, 0.05) is 27.7 Å². The Morgan fingerprint density at radius 2 is 1.20 bits per heavy atom. The molecule has 0 radical (unpaired) electrons. The van der Waals surface area contributed by atoms with E-state index in [2.05, 4.69) is 5.32 Å². The maximum Gasteiger partial charge on any atom is 0.408 e. The van der Waals surface area contributed by atoms with E-state index in [1.54, 1.807) is 20.8 Å². The van der Waals surface area contributed by atoms with E-state index in [9.17, 15) is 28.8 Å². The molecule has 1 aliphatic heterocycles. The van der Waals surface area contributed by atoms with Crippen molar-refractivity contribution >= 4 is 35.9 Å². The van der Waals surface area contributed by atoms with Gasteiger partial charge < -0.3 is 38.5 Å². The highest BCUT2D eigenvalue weighted by Crippen LogP contribution is 2.31. The fraction of sp³-hybridized carbons (Fsp3) is 0.714. The summed E-state index contributed by atoms with van der Waals surface area (Å²) < 4.78 is 36.4. The van der Waals surface area contributed by atoms with Crippen LogP contribution in [0.1, 0.15) is 48.5 Å². The number of hydrogen-bond acceptors (Lipinski definition) is 13. The molecular formula is C21H31NO13.